The van der Waals surface area contributed by atoms with Crippen molar-refractivity contribution < 1.29 is 23.4 Å². The fourth-order valence-electron chi connectivity index (χ4n) is 1.39. The van der Waals surface area contributed by atoms with E-state index in [4.69, 9.17) is 21.1 Å². The molecule has 4 nitrogen and oxygen atoms in total. The van der Waals surface area contributed by atoms with E-state index in [1.807, 2.05) is 0 Å². The summed E-state index contributed by atoms with van der Waals surface area (Å²) >= 11 is 8.82. The van der Waals surface area contributed by atoms with Crippen molar-refractivity contribution in [1.82, 2.24) is 0 Å². The van der Waals surface area contributed by atoms with Gasteiger partial charge in [0.15, 0.2) is 4.67 Å². The third kappa shape index (κ3) is 2.83. The first-order valence-corrected chi connectivity index (χ1v) is 5.79. The second kappa shape index (κ2) is 4.99. The predicted molar refractivity (Wildman–Crippen MR) is 65.5 cm³/mol. The summed E-state index contributed by atoms with van der Waals surface area (Å²) in [4.78, 5) is 10.4. The van der Waals surface area contributed by atoms with Crippen LogP contribution in [0.25, 0.3) is 11.1 Å². The summed E-state index contributed by atoms with van der Waals surface area (Å²) in [6, 6.07) is 5.24. The lowest BCUT2D eigenvalue weighted by Gasteiger charge is -1.99. The molecule has 94 valence electrons. The SMILES string of the molecule is O=C(O)Oc1cc(-c2cc(F)cc(Cl)c2)c(Br)o1. The van der Waals surface area contributed by atoms with Crippen LogP contribution in [0.2, 0.25) is 5.02 Å². The Balaban J connectivity index is 2.44. The van der Waals surface area contributed by atoms with Crippen LogP contribution in [0.1, 0.15) is 0 Å². The van der Waals surface area contributed by atoms with Gasteiger partial charge in [0, 0.05) is 16.7 Å². The number of carbonyl (C=O) groups is 1. The van der Waals surface area contributed by atoms with Crippen molar-refractivity contribution >= 4 is 33.7 Å². The Morgan fingerprint density at radius 1 is 1.39 bits per heavy atom. The molecule has 0 fully saturated rings. The quantitative estimate of drug-likeness (QED) is 0.817. The number of carboxylic acid groups (broad SMARTS) is 1. The number of rotatable bonds is 2. The molecule has 0 bridgehead atoms. The Labute approximate surface area is 114 Å². The number of benzene rings is 1. The fraction of sp³-hybridized carbons (Fsp3) is 0. The summed E-state index contributed by atoms with van der Waals surface area (Å²) in [6.45, 7) is 0. The third-order valence-corrected chi connectivity index (χ3v) is 2.83. The Bertz CT molecular complexity index is 591. The van der Waals surface area contributed by atoms with Gasteiger partial charge in [0.25, 0.3) is 5.95 Å². The van der Waals surface area contributed by atoms with Crippen LogP contribution < -0.4 is 4.74 Å². The molecule has 0 atom stereocenters. The van der Waals surface area contributed by atoms with E-state index in [1.165, 1.54) is 18.2 Å². The van der Waals surface area contributed by atoms with Crippen LogP contribution in [0.3, 0.4) is 0 Å². The highest BCUT2D eigenvalue weighted by molar-refractivity contribution is 9.10. The molecule has 1 heterocycles. The monoisotopic (exact) mass is 334 g/mol. The molecule has 0 aliphatic carbocycles. The fourth-order valence-corrected chi connectivity index (χ4v) is 2.11. The van der Waals surface area contributed by atoms with E-state index in [9.17, 15) is 9.18 Å². The maximum atomic E-state index is 13.2. The van der Waals surface area contributed by atoms with Crippen LogP contribution in [0, 0.1) is 5.82 Å². The highest BCUT2D eigenvalue weighted by Crippen LogP contribution is 2.36. The van der Waals surface area contributed by atoms with Gasteiger partial charge in [-0.25, -0.2) is 9.18 Å². The lowest BCUT2D eigenvalue weighted by atomic mass is 10.1. The highest BCUT2D eigenvalue weighted by Gasteiger charge is 2.15. The van der Waals surface area contributed by atoms with Gasteiger partial charge in [-0.15, -0.1) is 0 Å². The molecule has 0 spiro atoms. The molecule has 2 aromatic rings. The van der Waals surface area contributed by atoms with Gasteiger partial charge in [0.2, 0.25) is 0 Å². The molecule has 1 aromatic carbocycles. The minimum Gasteiger partial charge on any atom is -0.449 e. The number of hydrogen-bond acceptors (Lipinski definition) is 3. The Morgan fingerprint density at radius 3 is 2.72 bits per heavy atom. The van der Waals surface area contributed by atoms with Crippen LogP contribution in [0.5, 0.6) is 5.95 Å². The normalized spacial score (nSPS) is 10.4. The van der Waals surface area contributed by atoms with E-state index in [0.29, 0.717) is 11.1 Å². The smallest absolute Gasteiger partial charge is 0.449 e. The van der Waals surface area contributed by atoms with Gasteiger partial charge in [-0.1, -0.05) is 11.6 Å². The lowest BCUT2D eigenvalue weighted by molar-refractivity contribution is 0.132. The first-order chi connectivity index (χ1) is 8.45. The van der Waals surface area contributed by atoms with Crippen molar-refractivity contribution in [2.75, 3.05) is 0 Å². The molecule has 1 N–H and O–H groups in total. The van der Waals surface area contributed by atoms with Crippen LogP contribution in [0.15, 0.2) is 33.4 Å². The zero-order valence-corrected chi connectivity index (χ0v) is 11.0. The average molecular weight is 336 g/mol. The summed E-state index contributed by atoms with van der Waals surface area (Å²) in [6.07, 6.45) is -1.50. The van der Waals surface area contributed by atoms with E-state index in [2.05, 4.69) is 20.7 Å². The summed E-state index contributed by atoms with van der Waals surface area (Å²) in [5, 5.41) is 8.67. The molecule has 0 saturated carbocycles. The zero-order chi connectivity index (χ0) is 13.3. The van der Waals surface area contributed by atoms with Crippen LogP contribution in [-0.4, -0.2) is 11.3 Å². The van der Waals surface area contributed by atoms with Gasteiger partial charge in [0.1, 0.15) is 5.82 Å². The number of hydrogen-bond donors (Lipinski definition) is 1. The summed E-state index contributed by atoms with van der Waals surface area (Å²) in [7, 11) is 0. The van der Waals surface area contributed by atoms with Gasteiger partial charge in [0.05, 0.1) is 0 Å². The van der Waals surface area contributed by atoms with E-state index >= 15 is 0 Å². The molecule has 0 saturated heterocycles. The first-order valence-electron chi connectivity index (χ1n) is 4.62. The van der Waals surface area contributed by atoms with Crippen LogP contribution in [0.4, 0.5) is 9.18 Å². The Kier molecular flexibility index (Phi) is 3.58. The van der Waals surface area contributed by atoms with Crippen molar-refractivity contribution in [2.45, 2.75) is 0 Å². The van der Waals surface area contributed by atoms with Crippen molar-refractivity contribution in [1.29, 1.82) is 0 Å². The molecule has 1 aromatic heterocycles. The van der Waals surface area contributed by atoms with E-state index in [0.717, 1.165) is 6.07 Å². The minimum atomic E-state index is -1.50. The van der Waals surface area contributed by atoms with Crippen molar-refractivity contribution in [3.63, 3.8) is 0 Å². The standard InChI is InChI=1S/C11H5BrClFO4/c12-10-8(4-9(17-10)18-11(15)16)5-1-6(13)3-7(14)2-5/h1-4H,(H,15,16). The minimum absolute atomic E-state index is 0.218. The first kappa shape index (κ1) is 12.9. The largest absolute Gasteiger partial charge is 0.513 e. The molecule has 7 heteroatoms. The second-order valence-electron chi connectivity index (χ2n) is 3.28. The van der Waals surface area contributed by atoms with Gasteiger partial charge >= 0.3 is 6.16 Å². The molecular formula is C11H5BrClFO4. The summed E-state index contributed by atoms with van der Waals surface area (Å²) < 4.78 is 22.8. The molecule has 0 amide bonds. The lowest BCUT2D eigenvalue weighted by Crippen LogP contribution is -2.01. The number of halogens is 3. The second-order valence-corrected chi connectivity index (χ2v) is 4.44. The topological polar surface area (TPSA) is 59.7 Å². The van der Waals surface area contributed by atoms with Gasteiger partial charge in [-0.3, -0.25) is 0 Å². The molecule has 0 aliphatic rings. The summed E-state index contributed by atoms with van der Waals surface area (Å²) in [5.41, 5.74) is 0.878. The van der Waals surface area contributed by atoms with E-state index in [1.54, 1.807) is 0 Å². The number of ether oxygens (including phenoxy) is 1. The average Bonchev–Trinajstić information content (AvgIpc) is 2.56. The number of furan rings is 1. The molecule has 0 aliphatic heterocycles. The van der Waals surface area contributed by atoms with E-state index < -0.39 is 12.0 Å². The molecular weight excluding hydrogens is 330 g/mol. The molecule has 2 rings (SSSR count). The highest BCUT2D eigenvalue weighted by atomic mass is 79.9. The predicted octanol–water partition coefficient (Wildman–Crippen LogP) is 4.56. The Morgan fingerprint density at radius 2 is 2.11 bits per heavy atom. The molecule has 0 radical (unpaired) electrons. The van der Waals surface area contributed by atoms with Gasteiger partial charge in [-0.2, -0.15) is 0 Å². The maximum Gasteiger partial charge on any atom is 0.513 e. The maximum absolute atomic E-state index is 13.2. The van der Waals surface area contributed by atoms with Gasteiger partial charge in [-0.05, 0) is 39.7 Å². The third-order valence-electron chi connectivity index (χ3n) is 2.03. The van der Waals surface area contributed by atoms with Crippen molar-refractivity contribution in [2.24, 2.45) is 0 Å². The van der Waals surface area contributed by atoms with Gasteiger partial charge < -0.3 is 14.3 Å². The van der Waals surface area contributed by atoms with Crippen molar-refractivity contribution in [3.05, 3.63) is 39.8 Å². The van der Waals surface area contributed by atoms with Crippen LogP contribution >= 0.6 is 27.5 Å². The molecule has 18 heavy (non-hydrogen) atoms. The van der Waals surface area contributed by atoms with Crippen LogP contribution in [-0.2, 0) is 0 Å². The summed E-state index contributed by atoms with van der Waals surface area (Å²) in [5.74, 6) is -0.726. The zero-order valence-electron chi connectivity index (χ0n) is 8.62. The van der Waals surface area contributed by atoms with E-state index in [-0.39, 0.29) is 15.6 Å². The van der Waals surface area contributed by atoms with Crippen molar-refractivity contribution in [3.8, 4) is 17.1 Å². The molecule has 0 unspecified atom stereocenters. The Hall–Kier alpha value is -1.53.